The number of hydrogen-bond acceptors (Lipinski definition) is 2. The van der Waals surface area contributed by atoms with E-state index in [9.17, 15) is 9.90 Å². The van der Waals surface area contributed by atoms with Crippen LogP contribution in [-0.2, 0) is 4.79 Å². The highest BCUT2D eigenvalue weighted by Crippen LogP contribution is 2.26. The van der Waals surface area contributed by atoms with Crippen molar-refractivity contribution in [3.05, 3.63) is 0 Å². The quantitative estimate of drug-likeness (QED) is 0.403. The van der Waals surface area contributed by atoms with E-state index in [1.165, 1.54) is 38.5 Å². The molecule has 0 rings (SSSR count). The Balaban J connectivity index is 3.90. The molecule has 1 unspecified atom stereocenters. The standard InChI is InChI=1S/C18H36O3/c1-3-5-7-9-10-11-13-15-18(21,16-17(19)20)14-12-8-6-4-2/h21H,3-16H2,1-2H3,(H,19,20). The van der Waals surface area contributed by atoms with E-state index in [2.05, 4.69) is 13.8 Å². The average molecular weight is 300 g/mol. The minimum absolute atomic E-state index is 0.102. The summed E-state index contributed by atoms with van der Waals surface area (Å²) in [4.78, 5) is 11.0. The van der Waals surface area contributed by atoms with Crippen LogP contribution in [0, 0.1) is 0 Å². The van der Waals surface area contributed by atoms with Crippen LogP contribution in [0.1, 0.15) is 104 Å². The minimum Gasteiger partial charge on any atom is -0.481 e. The van der Waals surface area contributed by atoms with Crippen LogP contribution in [0.4, 0.5) is 0 Å². The summed E-state index contributed by atoms with van der Waals surface area (Å²) < 4.78 is 0. The molecule has 0 saturated heterocycles. The third-order valence-electron chi connectivity index (χ3n) is 4.22. The minimum atomic E-state index is -0.983. The summed E-state index contributed by atoms with van der Waals surface area (Å²) in [6.07, 6.45) is 13.9. The number of carboxylic acid groups (broad SMARTS) is 1. The van der Waals surface area contributed by atoms with Gasteiger partial charge in [0.05, 0.1) is 12.0 Å². The first-order valence-corrected chi connectivity index (χ1v) is 8.98. The molecule has 0 saturated carbocycles. The summed E-state index contributed by atoms with van der Waals surface area (Å²) in [6, 6.07) is 0. The fourth-order valence-electron chi connectivity index (χ4n) is 2.88. The van der Waals surface area contributed by atoms with Gasteiger partial charge in [0, 0.05) is 0 Å². The number of rotatable bonds is 15. The summed E-state index contributed by atoms with van der Waals surface area (Å²) in [5, 5.41) is 19.5. The van der Waals surface area contributed by atoms with Gasteiger partial charge in [-0.1, -0.05) is 84.5 Å². The van der Waals surface area contributed by atoms with Gasteiger partial charge in [0.25, 0.3) is 0 Å². The maximum Gasteiger partial charge on any atom is 0.306 e. The molecule has 0 aromatic rings. The van der Waals surface area contributed by atoms with Gasteiger partial charge in [-0.2, -0.15) is 0 Å². The molecular weight excluding hydrogens is 264 g/mol. The monoisotopic (exact) mass is 300 g/mol. The zero-order valence-corrected chi connectivity index (χ0v) is 14.2. The van der Waals surface area contributed by atoms with Crippen molar-refractivity contribution in [3.63, 3.8) is 0 Å². The third kappa shape index (κ3) is 12.9. The van der Waals surface area contributed by atoms with E-state index in [0.29, 0.717) is 12.8 Å². The molecule has 0 aliphatic heterocycles. The van der Waals surface area contributed by atoms with Gasteiger partial charge in [0.1, 0.15) is 0 Å². The van der Waals surface area contributed by atoms with Crippen molar-refractivity contribution in [1.29, 1.82) is 0 Å². The molecule has 0 amide bonds. The Kier molecular flexibility index (Phi) is 12.8. The molecular formula is C18H36O3. The lowest BCUT2D eigenvalue weighted by Crippen LogP contribution is -2.31. The van der Waals surface area contributed by atoms with Gasteiger partial charge < -0.3 is 10.2 Å². The molecule has 126 valence electrons. The molecule has 3 heteroatoms. The summed E-state index contributed by atoms with van der Waals surface area (Å²) >= 11 is 0. The molecule has 0 aliphatic rings. The highest BCUT2D eigenvalue weighted by molar-refractivity contribution is 5.68. The predicted octanol–water partition coefficient (Wildman–Crippen LogP) is 5.30. The van der Waals surface area contributed by atoms with Crippen LogP contribution in [-0.4, -0.2) is 21.8 Å². The van der Waals surface area contributed by atoms with Crippen LogP contribution < -0.4 is 0 Å². The maximum atomic E-state index is 11.0. The largest absolute Gasteiger partial charge is 0.481 e. The van der Waals surface area contributed by atoms with Gasteiger partial charge in [0.15, 0.2) is 0 Å². The second kappa shape index (κ2) is 13.1. The fraction of sp³-hybridized carbons (Fsp3) is 0.944. The number of hydrogen-bond donors (Lipinski definition) is 2. The Morgan fingerprint density at radius 2 is 1.14 bits per heavy atom. The normalized spacial score (nSPS) is 14.0. The zero-order valence-electron chi connectivity index (χ0n) is 14.2. The van der Waals surface area contributed by atoms with E-state index in [1.807, 2.05) is 0 Å². The molecule has 0 aromatic heterocycles. The molecule has 0 aromatic carbocycles. The lowest BCUT2D eigenvalue weighted by molar-refractivity contribution is -0.143. The van der Waals surface area contributed by atoms with Crippen molar-refractivity contribution in [1.82, 2.24) is 0 Å². The molecule has 0 radical (unpaired) electrons. The topological polar surface area (TPSA) is 57.5 Å². The van der Waals surface area contributed by atoms with Gasteiger partial charge in [-0.25, -0.2) is 0 Å². The Bertz CT molecular complexity index is 253. The van der Waals surface area contributed by atoms with Gasteiger partial charge in [-0.3, -0.25) is 4.79 Å². The van der Waals surface area contributed by atoms with Crippen molar-refractivity contribution in [2.75, 3.05) is 0 Å². The highest BCUT2D eigenvalue weighted by atomic mass is 16.4. The second-order valence-corrected chi connectivity index (χ2v) is 6.48. The van der Waals surface area contributed by atoms with Crippen LogP contribution in [0.2, 0.25) is 0 Å². The van der Waals surface area contributed by atoms with Crippen molar-refractivity contribution >= 4 is 5.97 Å². The zero-order chi connectivity index (χ0) is 16.0. The first-order valence-electron chi connectivity index (χ1n) is 8.98. The van der Waals surface area contributed by atoms with E-state index < -0.39 is 11.6 Å². The van der Waals surface area contributed by atoms with Crippen LogP contribution in [0.5, 0.6) is 0 Å². The van der Waals surface area contributed by atoms with Gasteiger partial charge >= 0.3 is 5.97 Å². The number of carbonyl (C=O) groups is 1. The summed E-state index contributed by atoms with van der Waals surface area (Å²) in [7, 11) is 0. The number of aliphatic carboxylic acids is 1. The molecule has 0 bridgehead atoms. The van der Waals surface area contributed by atoms with Crippen molar-refractivity contribution < 1.29 is 15.0 Å². The molecule has 0 heterocycles. The second-order valence-electron chi connectivity index (χ2n) is 6.48. The smallest absolute Gasteiger partial charge is 0.306 e. The van der Waals surface area contributed by atoms with E-state index in [0.717, 1.165) is 32.1 Å². The summed E-state index contributed by atoms with van der Waals surface area (Å²) in [5.74, 6) is -0.879. The lowest BCUT2D eigenvalue weighted by Gasteiger charge is -2.26. The Hall–Kier alpha value is -0.570. The molecule has 1 atom stereocenters. The van der Waals surface area contributed by atoms with Gasteiger partial charge in [0.2, 0.25) is 0 Å². The number of aliphatic hydroxyl groups is 1. The van der Waals surface area contributed by atoms with Gasteiger partial charge in [-0.05, 0) is 12.8 Å². The predicted molar refractivity (Wildman–Crippen MR) is 88.6 cm³/mol. The molecule has 0 spiro atoms. The summed E-state index contributed by atoms with van der Waals surface area (Å²) in [6.45, 7) is 4.37. The van der Waals surface area contributed by atoms with Gasteiger partial charge in [-0.15, -0.1) is 0 Å². The molecule has 2 N–H and O–H groups in total. The van der Waals surface area contributed by atoms with Crippen LogP contribution in [0.3, 0.4) is 0 Å². The fourth-order valence-corrected chi connectivity index (χ4v) is 2.88. The van der Waals surface area contributed by atoms with E-state index in [1.54, 1.807) is 0 Å². The molecule has 0 fully saturated rings. The van der Waals surface area contributed by atoms with Crippen LogP contribution >= 0.6 is 0 Å². The SMILES string of the molecule is CCCCCCCCCC(O)(CCCCCC)CC(=O)O. The Morgan fingerprint density at radius 3 is 1.57 bits per heavy atom. The first kappa shape index (κ1) is 20.4. The van der Waals surface area contributed by atoms with E-state index in [4.69, 9.17) is 5.11 Å². The van der Waals surface area contributed by atoms with Crippen LogP contribution in [0.15, 0.2) is 0 Å². The molecule has 3 nitrogen and oxygen atoms in total. The highest BCUT2D eigenvalue weighted by Gasteiger charge is 2.28. The maximum absolute atomic E-state index is 11.0. The number of unbranched alkanes of at least 4 members (excludes halogenated alkanes) is 9. The lowest BCUT2D eigenvalue weighted by atomic mass is 9.87. The Labute approximate surface area is 131 Å². The van der Waals surface area contributed by atoms with Crippen LogP contribution in [0.25, 0.3) is 0 Å². The van der Waals surface area contributed by atoms with E-state index in [-0.39, 0.29) is 6.42 Å². The van der Waals surface area contributed by atoms with Crippen molar-refractivity contribution in [2.24, 2.45) is 0 Å². The van der Waals surface area contributed by atoms with E-state index >= 15 is 0 Å². The van der Waals surface area contributed by atoms with Crippen molar-refractivity contribution in [2.45, 2.75) is 109 Å². The van der Waals surface area contributed by atoms with Crippen molar-refractivity contribution in [3.8, 4) is 0 Å². The summed E-state index contributed by atoms with van der Waals surface area (Å²) in [5.41, 5.74) is -0.983. The average Bonchev–Trinajstić information content (AvgIpc) is 2.42. The number of carboxylic acids is 1. The molecule has 0 aliphatic carbocycles. The molecule has 21 heavy (non-hydrogen) atoms. The first-order chi connectivity index (χ1) is 10.0. The Morgan fingerprint density at radius 1 is 0.762 bits per heavy atom. The third-order valence-corrected chi connectivity index (χ3v) is 4.22.